The predicted octanol–water partition coefficient (Wildman–Crippen LogP) is 0.944. The molecule has 0 unspecified atom stereocenters. The number of carbonyl (C=O) groups is 1. The van der Waals surface area contributed by atoms with Gasteiger partial charge in [0.1, 0.15) is 0 Å². The van der Waals surface area contributed by atoms with Gasteiger partial charge in [-0.05, 0) is 12.1 Å². The number of benzene rings is 1. The Labute approximate surface area is 127 Å². The molecular weight excluding hydrogens is 286 g/mol. The number of nitrogens with zero attached hydrogens (tertiary/aromatic N) is 3. The standard InChI is InChI=1S/C14H17N5OS/c20-14(13-10-19(18-17-13)11-8-15-9-11)16-6-7-21-12-4-2-1-3-5-12/h1-5,10-11,15H,6-9H2,(H,16,20). The Kier molecular flexibility index (Phi) is 4.52. The van der Waals surface area contributed by atoms with Gasteiger partial charge in [-0.25, -0.2) is 4.68 Å². The minimum Gasteiger partial charge on any atom is -0.350 e. The van der Waals surface area contributed by atoms with E-state index in [1.54, 1.807) is 22.6 Å². The molecule has 1 aromatic heterocycles. The molecule has 2 heterocycles. The Bertz CT molecular complexity index is 596. The summed E-state index contributed by atoms with van der Waals surface area (Å²) in [6, 6.07) is 10.5. The first-order valence-electron chi connectivity index (χ1n) is 6.91. The molecule has 1 aliphatic rings. The summed E-state index contributed by atoms with van der Waals surface area (Å²) in [6.07, 6.45) is 1.71. The van der Waals surface area contributed by atoms with Crippen LogP contribution in [0.4, 0.5) is 0 Å². The Morgan fingerprint density at radius 3 is 2.90 bits per heavy atom. The highest BCUT2D eigenvalue weighted by Gasteiger charge is 2.21. The van der Waals surface area contributed by atoms with E-state index < -0.39 is 0 Å². The number of thioether (sulfide) groups is 1. The molecule has 21 heavy (non-hydrogen) atoms. The van der Waals surface area contributed by atoms with Crippen molar-refractivity contribution in [2.45, 2.75) is 10.9 Å². The maximum absolute atomic E-state index is 11.9. The number of hydrogen-bond acceptors (Lipinski definition) is 5. The van der Waals surface area contributed by atoms with Gasteiger partial charge in [-0.2, -0.15) is 0 Å². The van der Waals surface area contributed by atoms with Crippen LogP contribution in [-0.4, -0.2) is 46.3 Å². The maximum atomic E-state index is 11.9. The molecule has 110 valence electrons. The SMILES string of the molecule is O=C(NCCSc1ccccc1)c1cn(C2CNC2)nn1. The van der Waals surface area contributed by atoms with Gasteiger partial charge in [0, 0.05) is 30.3 Å². The molecule has 2 N–H and O–H groups in total. The second-order valence-electron chi connectivity index (χ2n) is 4.81. The van der Waals surface area contributed by atoms with Gasteiger partial charge in [0.2, 0.25) is 0 Å². The highest BCUT2D eigenvalue weighted by molar-refractivity contribution is 7.99. The lowest BCUT2D eigenvalue weighted by molar-refractivity contribution is 0.0951. The van der Waals surface area contributed by atoms with Crippen molar-refractivity contribution >= 4 is 17.7 Å². The van der Waals surface area contributed by atoms with Gasteiger partial charge >= 0.3 is 0 Å². The van der Waals surface area contributed by atoms with E-state index in [4.69, 9.17) is 0 Å². The fourth-order valence-electron chi connectivity index (χ4n) is 1.96. The van der Waals surface area contributed by atoms with E-state index in [2.05, 4.69) is 33.1 Å². The Morgan fingerprint density at radius 1 is 1.38 bits per heavy atom. The highest BCUT2D eigenvalue weighted by atomic mass is 32.2. The van der Waals surface area contributed by atoms with Gasteiger partial charge in [0.05, 0.1) is 12.2 Å². The van der Waals surface area contributed by atoms with E-state index in [0.29, 0.717) is 18.3 Å². The molecule has 0 radical (unpaired) electrons. The second-order valence-corrected chi connectivity index (χ2v) is 5.98. The molecule has 0 saturated carbocycles. The second kappa shape index (κ2) is 6.73. The minimum absolute atomic E-state index is 0.165. The van der Waals surface area contributed by atoms with E-state index in [1.807, 2.05) is 18.2 Å². The fourth-order valence-corrected chi connectivity index (χ4v) is 2.75. The van der Waals surface area contributed by atoms with Crippen molar-refractivity contribution in [1.29, 1.82) is 0 Å². The zero-order valence-electron chi connectivity index (χ0n) is 11.5. The van der Waals surface area contributed by atoms with Crippen molar-refractivity contribution in [2.24, 2.45) is 0 Å². The Morgan fingerprint density at radius 2 is 2.19 bits per heavy atom. The van der Waals surface area contributed by atoms with Crippen molar-refractivity contribution in [3.63, 3.8) is 0 Å². The molecule has 0 atom stereocenters. The van der Waals surface area contributed by atoms with Crippen LogP contribution in [-0.2, 0) is 0 Å². The van der Waals surface area contributed by atoms with Crippen LogP contribution in [0.25, 0.3) is 0 Å². The van der Waals surface area contributed by atoms with Crippen LogP contribution in [0.2, 0.25) is 0 Å². The van der Waals surface area contributed by atoms with Gasteiger partial charge in [-0.3, -0.25) is 4.79 Å². The van der Waals surface area contributed by atoms with E-state index in [-0.39, 0.29) is 5.91 Å². The maximum Gasteiger partial charge on any atom is 0.273 e. The molecule has 1 saturated heterocycles. The van der Waals surface area contributed by atoms with Crippen LogP contribution in [0.1, 0.15) is 16.5 Å². The molecular formula is C14H17N5OS. The van der Waals surface area contributed by atoms with Crippen LogP contribution in [0.5, 0.6) is 0 Å². The average Bonchev–Trinajstić information content (AvgIpc) is 2.92. The normalized spacial score (nSPS) is 14.7. The van der Waals surface area contributed by atoms with Crippen LogP contribution in [0.15, 0.2) is 41.4 Å². The molecule has 0 bridgehead atoms. The van der Waals surface area contributed by atoms with Gasteiger partial charge in [0.15, 0.2) is 5.69 Å². The zero-order chi connectivity index (χ0) is 14.5. The fraction of sp³-hybridized carbons (Fsp3) is 0.357. The van der Waals surface area contributed by atoms with E-state index in [9.17, 15) is 4.79 Å². The number of carbonyl (C=O) groups excluding carboxylic acids is 1. The lowest BCUT2D eigenvalue weighted by atomic mass is 10.2. The Hall–Kier alpha value is -1.86. The Balaban J connectivity index is 1.42. The largest absolute Gasteiger partial charge is 0.350 e. The first-order chi connectivity index (χ1) is 10.3. The number of rotatable bonds is 6. The number of amides is 1. The van der Waals surface area contributed by atoms with Crippen LogP contribution < -0.4 is 10.6 Å². The molecule has 1 fully saturated rings. The summed E-state index contributed by atoms with van der Waals surface area (Å²) in [5.74, 6) is 0.665. The molecule has 2 aromatic rings. The number of nitrogens with one attached hydrogen (secondary N) is 2. The van der Waals surface area contributed by atoms with Gasteiger partial charge in [-0.15, -0.1) is 16.9 Å². The lowest BCUT2D eigenvalue weighted by Crippen LogP contribution is -2.43. The summed E-state index contributed by atoms with van der Waals surface area (Å²) in [5, 5.41) is 13.9. The molecule has 0 aliphatic carbocycles. The monoisotopic (exact) mass is 303 g/mol. The van der Waals surface area contributed by atoms with E-state index >= 15 is 0 Å². The molecule has 1 aliphatic heterocycles. The zero-order valence-corrected chi connectivity index (χ0v) is 12.3. The van der Waals surface area contributed by atoms with Gasteiger partial charge < -0.3 is 10.6 Å². The first kappa shape index (κ1) is 14.1. The summed E-state index contributed by atoms with van der Waals surface area (Å²) in [4.78, 5) is 13.2. The van der Waals surface area contributed by atoms with Crippen molar-refractivity contribution < 1.29 is 4.79 Å². The highest BCUT2D eigenvalue weighted by Crippen LogP contribution is 2.15. The summed E-state index contributed by atoms with van der Waals surface area (Å²) < 4.78 is 1.75. The smallest absolute Gasteiger partial charge is 0.273 e. The lowest BCUT2D eigenvalue weighted by Gasteiger charge is -2.26. The third kappa shape index (κ3) is 3.62. The number of hydrogen-bond donors (Lipinski definition) is 2. The van der Waals surface area contributed by atoms with Crippen molar-refractivity contribution in [3.05, 3.63) is 42.2 Å². The molecule has 0 spiro atoms. The van der Waals surface area contributed by atoms with Gasteiger partial charge in [-0.1, -0.05) is 23.4 Å². The van der Waals surface area contributed by atoms with Crippen molar-refractivity contribution in [1.82, 2.24) is 25.6 Å². The molecule has 6 nitrogen and oxygen atoms in total. The summed E-state index contributed by atoms with van der Waals surface area (Å²) in [6.45, 7) is 2.38. The number of aromatic nitrogens is 3. The van der Waals surface area contributed by atoms with Crippen LogP contribution in [0.3, 0.4) is 0 Å². The van der Waals surface area contributed by atoms with Gasteiger partial charge in [0.25, 0.3) is 5.91 Å². The minimum atomic E-state index is -0.165. The van der Waals surface area contributed by atoms with Crippen LogP contribution in [0, 0.1) is 0 Å². The summed E-state index contributed by atoms with van der Waals surface area (Å²) in [5.41, 5.74) is 0.381. The summed E-state index contributed by atoms with van der Waals surface area (Å²) >= 11 is 1.72. The van der Waals surface area contributed by atoms with E-state index in [1.165, 1.54) is 4.90 Å². The topological polar surface area (TPSA) is 71.8 Å². The molecule has 7 heteroatoms. The predicted molar refractivity (Wildman–Crippen MR) is 81.4 cm³/mol. The quantitative estimate of drug-likeness (QED) is 0.614. The molecule has 1 aromatic carbocycles. The molecule has 1 amide bonds. The average molecular weight is 303 g/mol. The van der Waals surface area contributed by atoms with Crippen molar-refractivity contribution in [3.8, 4) is 0 Å². The third-order valence-corrected chi connectivity index (χ3v) is 4.29. The molecule has 3 rings (SSSR count). The van der Waals surface area contributed by atoms with Crippen LogP contribution >= 0.6 is 11.8 Å². The summed E-state index contributed by atoms with van der Waals surface area (Å²) in [7, 11) is 0. The van der Waals surface area contributed by atoms with Crippen molar-refractivity contribution in [2.75, 3.05) is 25.4 Å². The van der Waals surface area contributed by atoms with E-state index in [0.717, 1.165) is 18.8 Å². The third-order valence-electron chi connectivity index (χ3n) is 3.28. The first-order valence-corrected chi connectivity index (χ1v) is 7.90.